The number of aryl methyl sites for hydroxylation is 2. The first kappa shape index (κ1) is 27.6. The Morgan fingerprint density at radius 1 is 1.06 bits per heavy atom. The van der Waals surface area contributed by atoms with E-state index in [1.807, 2.05) is 62.4 Å². The lowest BCUT2D eigenvalue weighted by atomic mass is 9.98. The van der Waals surface area contributed by atoms with Crippen LogP contribution in [0.4, 0.5) is 4.79 Å². The zero-order valence-electron chi connectivity index (χ0n) is 21.7. The predicted octanol–water partition coefficient (Wildman–Crippen LogP) is 4.48. The monoisotopic (exact) mass is 511 g/mol. The van der Waals surface area contributed by atoms with Crippen molar-refractivity contribution in [2.75, 3.05) is 5.75 Å². The molecule has 2 aromatic rings. The molecule has 2 unspecified atom stereocenters. The molecule has 1 aliphatic carbocycles. The van der Waals surface area contributed by atoms with E-state index < -0.39 is 23.8 Å². The zero-order chi connectivity index (χ0) is 26.5. The Hall–Kier alpha value is -3.00. The molecule has 0 radical (unpaired) electrons. The largest absolute Gasteiger partial charge is 0.444 e. The van der Waals surface area contributed by atoms with Crippen LogP contribution >= 0.6 is 12.6 Å². The molecule has 0 heterocycles. The van der Waals surface area contributed by atoms with Gasteiger partial charge in [0.1, 0.15) is 17.7 Å². The van der Waals surface area contributed by atoms with Gasteiger partial charge in [-0.3, -0.25) is 9.59 Å². The summed E-state index contributed by atoms with van der Waals surface area (Å²) >= 11 is 4.33. The minimum Gasteiger partial charge on any atom is -0.444 e. The summed E-state index contributed by atoms with van der Waals surface area (Å²) in [4.78, 5) is 41.6. The Balaban J connectivity index is 1.91. The molecule has 0 bridgehead atoms. The normalized spacial score (nSPS) is 14.9. The first-order chi connectivity index (χ1) is 17.0. The number of carbonyl (C=O) groups is 3. The van der Waals surface area contributed by atoms with Gasteiger partial charge in [-0.1, -0.05) is 48.5 Å². The number of ether oxygens (including phenoxy) is 1. The molecule has 0 saturated heterocycles. The Labute approximate surface area is 219 Å². The SMILES string of the molecule is Cc1ccc(C(C(=O)NCc2ccccc2)N(C(=O)C(CS)NC(=O)OC(C)(C)C)C2CC2)cc1C. The summed E-state index contributed by atoms with van der Waals surface area (Å²) in [6.07, 6.45) is 0.900. The number of hydrogen-bond acceptors (Lipinski definition) is 5. The predicted molar refractivity (Wildman–Crippen MR) is 144 cm³/mol. The standard InChI is InChI=1S/C28H37N3O4S/c1-18-11-12-21(15-19(18)2)24(25(32)29-16-20-9-7-6-8-10-20)31(22-13-14-22)26(33)23(17-36)30-27(34)35-28(3,4)5/h6-12,15,22-24,36H,13-14,16-17H2,1-5H3,(H,29,32)(H,30,34). The minimum atomic E-state index is -0.931. The van der Waals surface area contributed by atoms with Crippen molar-refractivity contribution in [3.05, 3.63) is 70.8 Å². The fourth-order valence-corrected chi connectivity index (χ4v) is 4.19. The van der Waals surface area contributed by atoms with E-state index in [4.69, 9.17) is 4.74 Å². The van der Waals surface area contributed by atoms with Crippen LogP contribution in [0, 0.1) is 13.8 Å². The Morgan fingerprint density at radius 2 is 1.72 bits per heavy atom. The number of hydrogen-bond donors (Lipinski definition) is 3. The quantitative estimate of drug-likeness (QED) is 0.434. The lowest BCUT2D eigenvalue weighted by molar-refractivity contribution is -0.142. The molecular weight excluding hydrogens is 474 g/mol. The molecule has 8 heteroatoms. The summed E-state index contributed by atoms with van der Waals surface area (Å²) in [5, 5.41) is 5.66. The summed E-state index contributed by atoms with van der Waals surface area (Å²) in [5.74, 6) is -0.541. The van der Waals surface area contributed by atoms with Crippen LogP contribution in [0.5, 0.6) is 0 Å². The van der Waals surface area contributed by atoms with Crippen molar-refractivity contribution in [3.63, 3.8) is 0 Å². The molecule has 2 atom stereocenters. The molecule has 0 spiro atoms. The second-order valence-corrected chi connectivity index (χ2v) is 10.7. The maximum atomic E-state index is 13.8. The van der Waals surface area contributed by atoms with Crippen molar-refractivity contribution in [2.45, 2.75) is 77.7 Å². The fraction of sp³-hybridized carbons (Fsp3) is 0.464. The van der Waals surface area contributed by atoms with Gasteiger partial charge in [0.05, 0.1) is 0 Å². The highest BCUT2D eigenvalue weighted by atomic mass is 32.1. The molecule has 2 N–H and O–H groups in total. The third kappa shape index (κ3) is 7.50. The summed E-state index contributed by atoms with van der Waals surface area (Å²) in [6.45, 7) is 9.62. The molecule has 1 saturated carbocycles. The Morgan fingerprint density at radius 3 is 2.28 bits per heavy atom. The van der Waals surface area contributed by atoms with Gasteiger partial charge in [-0.05, 0) is 69.7 Å². The van der Waals surface area contributed by atoms with E-state index in [0.717, 1.165) is 35.1 Å². The lowest BCUT2D eigenvalue weighted by Crippen LogP contribution is -2.54. The number of rotatable bonds is 9. The molecule has 36 heavy (non-hydrogen) atoms. The van der Waals surface area contributed by atoms with Crippen LogP contribution in [0.2, 0.25) is 0 Å². The van der Waals surface area contributed by atoms with Gasteiger partial charge in [-0.25, -0.2) is 4.79 Å². The van der Waals surface area contributed by atoms with Gasteiger partial charge in [-0.2, -0.15) is 12.6 Å². The molecule has 0 aliphatic heterocycles. The van der Waals surface area contributed by atoms with Gasteiger partial charge in [0, 0.05) is 18.3 Å². The molecule has 1 aliphatic rings. The number of amides is 3. The van der Waals surface area contributed by atoms with Crippen LogP contribution in [0.3, 0.4) is 0 Å². The van der Waals surface area contributed by atoms with Gasteiger partial charge >= 0.3 is 6.09 Å². The first-order valence-electron chi connectivity index (χ1n) is 12.3. The second kappa shape index (κ2) is 11.8. The highest BCUT2D eigenvalue weighted by Crippen LogP contribution is 2.36. The average Bonchev–Trinajstić information content (AvgIpc) is 3.65. The van der Waals surface area contributed by atoms with Crippen LogP contribution in [0.25, 0.3) is 0 Å². The van der Waals surface area contributed by atoms with Gasteiger partial charge in [0.15, 0.2) is 0 Å². The van der Waals surface area contributed by atoms with Gasteiger partial charge in [0.2, 0.25) is 11.8 Å². The maximum absolute atomic E-state index is 13.8. The lowest BCUT2D eigenvalue weighted by Gasteiger charge is -2.34. The van der Waals surface area contributed by atoms with Crippen molar-refractivity contribution < 1.29 is 19.1 Å². The van der Waals surface area contributed by atoms with E-state index in [1.165, 1.54) is 0 Å². The van der Waals surface area contributed by atoms with Crippen LogP contribution in [-0.2, 0) is 20.9 Å². The van der Waals surface area contributed by atoms with E-state index in [9.17, 15) is 14.4 Å². The molecule has 2 aromatic carbocycles. The molecule has 3 rings (SSSR count). The summed E-state index contributed by atoms with van der Waals surface area (Å²) in [6, 6.07) is 13.6. The van der Waals surface area contributed by atoms with Gasteiger partial charge < -0.3 is 20.3 Å². The van der Waals surface area contributed by atoms with E-state index in [-0.39, 0.29) is 23.6 Å². The van der Waals surface area contributed by atoms with Crippen LogP contribution in [-0.4, -0.2) is 46.2 Å². The highest BCUT2D eigenvalue weighted by molar-refractivity contribution is 7.80. The smallest absolute Gasteiger partial charge is 0.408 e. The van der Waals surface area contributed by atoms with E-state index in [1.54, 1.807) is 25.7 Å². The number of alkyl carbamates (subject to hydrolysis) is 1. The first-order valence-corrected chi connectivity index (χ1v) is 12.9. The summed E-state index contributed by atoms with van der Waals surface area (Å²) in [7, 11) is 0. The molecule has 1 fully saturated rings. The minimum absolute atomic E-state index is 0.0760. The van der Waals surface area contributed by atoms with Crippen LogP contribution < -0.4 is 10.6 Å². The third-order valence-electron chi connectivity index (χ3n) is 6.05. The zero-order valence-corrected chi connectivity index (χ0v) is 22.6. The fourth-order valence-electron chi connectivity index (χ4n) is 3.94. The maximum Gasteiger partial charge on any atom is 0.408 e. The van der Waals surface area contributed by atoms with Crippen molar-refractivity contribution in [3.8, 4) is 0 Å². The number of nitrogens with zero attached hydrogens (tertiary/aromatic N) is 1. The number of nitrogens with one attached hydrogen (secondary N) is 2. The molecule has 7 nitrogen and oxygen atoms in total. The van der Waals surface area contributed by atoms with Crippen molar-refractivity contribution in [2.24, 2.45) is 0 Å². The van der Waals surface area contributed by atoms with Crippen molar-refractivity contribution in [1.29, 1.82) is 0 Å². The molecule has 3 amide bonds. The van der Waals surface area contributed by atoms with Crippen molar-refractivity contribution >= 4 is 30.5 Å². The van der Waals surface area contributed by atoms with Crippen LogP contribution in [0.15, 0.2) is 48.5 Å². The Kier molecular flexibility index (Phi) is 9.06. The van der Waals surface area contributed by atoms with E-state index in [2.05, 4.69) is 23.3 Å². The van der Waals surface area contributed by atoms with Gasteiger partial charge in [-0.15, -0.1) is 0 Å². The average molecular weight is 512 g/mol. The summed E-state index contributed by atoms with van der Waals surface area (Å²) in [5.41, 5.74) is 3.14. The number of thiol groups is 1. The van der Waals surface area contributed by atoms with E-state index >= 15 is 0 Å². The van der Waals surface area contributed by atoms with Gasteiger partial charge in [0.25, 0.3) is 0 Å². The van der Waals surface area contributed by atoms with Crippen LogP contribution in [0.1, 0.15) is 61.9 Å². The molecule has 0 aromatic heterocycles. The summed E-state index contributed by atoms with van der Waals surface area (Å²) < 4.78 is 5.35. The Bertz CT molecular complexity index is 1080. The molecular formula is C28H37N3O4S. The number of benzene rings is 2. The topological polar surface area (TPSA) is 87.7 Å². The second-order valence-electron chi connectivity index (χ2n) is 10.3. The highest BCUT2D eigenvalue weighted by Gasteiger charge is 2.43. The van der Waals surface area contributed by atoms with Crippen molar-refractivity contribution in [1.82, 2.24) is 15.5 Å². The van der Waals surface area contributed by atoms with E-state index in [0.29, 0.717) is 6.54 Å². The molecule has 194 valence electrons. The third-order valence-corrected chi connectivity index (χ3v) is 6.41. The number of carbonyl (C=O) groups excluding carboxylic acids is 3.